The molecule has 2 N–H and O–H groups in total. The van der Waals surface area contributed by atoms with Crippen LogP contribution in [0.3, 0.4) is 0 Å². The van der Waals surface area contributed by atoms with Crippen molar-refractivity contribution in [1.29, 1.82) is 0 Å². The van der Waals surface area contributed by atoms with Gasteiger partial charge in [-0.05, 0) is 0 Å². The first-order valence-electron chi connectivity index (χ1n) is 0.532. The van der Waals surface area contributed by atoms with Gasteiger partial charge in [0.25, 0.3) is 0 Å². The molecule has 0 spiro atoms. The molecule has 0 aliphatic heterocycles. The van der Waals surface area contributed by atoms with Crippen LogP contribution in [0, 0.1) is 0 Å². The van der Waals surface area contributed by atoms with Crippen molar-refractivity contribution >= 4 is 28.0 Å². The third-order valence-electron chi connectivity index (χ3n) is 0. The molecule has 0 aliphatic rings. The molecule has 0 aromatic heterocycles. The van der Waals surface area contributed by atoms with Crippen LogP contribution in [-0.2, 0) is 44.6 Å². The van der Waals surface area contributed by atoms with Gasteiger partial charge in [-0.1, -0.05) is 0 Å². The largest absolute Gasteiger partial charge is 2.00 e. The summed E-state index contributed by atoms with van der Waals surface area (Å²) >= 11 is -3.29. The molecule has 34 valence electrons. The Hall–Kier alpha value is 1.51. The van der Waals surface area contributed by atoms with E-state index in [4.69, 9.17) is 12.2 Å². The number of rotatable bonds is 0. The molecule has 0 fully saturated rings. The van der Waals surface area contributed by atoms with Crippen molar-refractivity contribution in [2.45, 2.75) is 0 Å². The summed E-state index contributed by atoms with van der Waals surface area (Å²) in [7, 11) is 0. The first kappa shape index (κ1) is 15.6. The Kier molecular flexibility index (Phi) is 25.3. The molecule has 0 atom stereocenters. The maximum atomic E-state index is 8.76. The van der Waals surface area contributed by atoms with Gasteiger partial charge in [0.15, 0.2) is 0 Å². The minimum Gasteiger partial charge on any atom is -2.00 e. The van der Waals surface area contributed by atoms with E-state index in [2.05, 4.69) is 0 Å². The molecule has 0 rings (SSSR count). The van der Waals surface area contributed by atoms with Crippen LogP contribution in [0.1, 0.15) is 0 Å². The maximum Gasteiger partial charge on any atom is 2.00 e. The first-order valence-corrected chi connectivity index (χ1v) is 2.76. The van der Waals surface area contributed by atoms with E-state index in [0.29, 0.717) is 0 Å². The molecule has 0 saturated carbocycles. The van der Waals surface area contributed by atoms with Crippen molar-refractivity contribution < 1.29 is 39.5 Å². The third kappa shape index (κ3) is 49.1. The van der Waals surface area contributed by atoms with Crippen LogP contribution in [0.4, 0.5) is 0 Å². The van der Waals surface area contributed by atoms with Crippen LogP contribution in [0.25, 0.3) is 0 Å². The van der Waals surface area contributed by atoms with Crippen molar-refractivity contribution in [3.05, 3.63) is 0 Å². The molecule has 0 aromatic rings. The molecule has 0 aliphatic carbocycles. The van der Waals surface area contributed by atoms with Crippen LogP contribution in [-0.4, -0.2) is 22.9 Å². The second-order valence-corrected chi connectivity index (χ2v) is 1.20. The van der Waals surface area contributed by atoms with Crippen molar-refractivity contribution in [3.8, 4) is 0 Å². The zero-order valence-electron chi connectivity index (χ0n) is 2.83. The molecular formula is H2CdO3SSe. The van der Waals surface area contributed by atoms with Gasteiger partial charge in [-0.2, -0.15) is 0 Å². The van der Waals surface area contributed by atoms with Gasteiger partial charge in [0.1, 0.15) is 0 Å². The first-order chi connectivity index (χ1) is 1.73. The topological polar surface area (TPSA) is 57.5 Å². The van der Waals surface area contributed by atoms with Crippen LogP contribution in [0.5, 0.6) is 0 Å². The molecular weight excluding hydrogens is 271 g/mol. The summed E-state index contributed by atoms with van der Waals surface area (Å²) in [5.41, 5.74) is 0. The molecule has 6 heavy (non-hydrogen) atoms. The fraction of sp³-hybridized carbons (Fsp3) is 0. The Balaban J connectivity index is -0.0000000450. The quantitative estimate of drug-likeness (QED) is 0.522. The summed E-state index contributed by atoms with van der Waals surface area (Å²) in [6, 6.07) is 0. The van der Waals surface area contributed by atoms with Gasteiger partial charge in [0.2, 0.25) is 0 Å². The van der Waals surface area contributed by atoms with Gasteiger partial charge < -0.3 is 13.5 Å². The van der Waals surface area contributed by atoms with Crippen LogP contribution < -0.4 is 0 Å². The summed E-state index contributed by atoms with van der Waals surface area (Å²) in [5, 5.41) is 0. The van der Waals surface area contributed by atoms with Gasteiger partial charge in [-0.3, -0.25) is 0 Å². The zero-order valence-corrected chi connectivity index (χ0v) is 9.39. The van der Waals surface area contributed by atoms with Gasteiger partial charge in [-0.15, -0.1) is 0 Å². The molecule has 0 heterocycles. The predicted molar refractivity (Wildman–Crippen MR) is 18.2 cm³/mol. The summed E-state index contributed by atoms with van der Waals surface area (Å²) in [5.74, 6) is 0. The zero-order chi connectivity index (χ0) is 3.58. The Labute approximate surface area is 67.1 Å². The Bertz CT molecular complexity index is 33.8. The number of hydrogen-bond acceptors (Lipinski definition) is 1. The summed E-state index contributed by atoms with van der Waals surface area (Å²) in [4.78, 5) is 0. The normalized spacial score (nSPS) is 5.83. The van der Waals surface area contributed by atoms with Crippen molar-refractivity contribution in [2.24, 2.45) is 0 Å². The number of hydrogen-bond donors (Lipinski definition) is 2. The Morgan fingerprint density at radius 2 is 1.33 bits per heavy atom. The van der Waals surface area contributed by atoms with E-state index in [9.17, 15) is 0 Å². The average Bonchev–Trinajstić information content (AvgIpc) is 0.811. The van der Waals surface area contributed by atoms with Crippen molar-refractivity contribution in [3.63, 3.8) is 0 Å². The second kappa shape index (κ2) is 9.72. The van der Waals surface area contributed by atoms with E-state index in [1.165, 1.54) is 0 Å². The van der Waals surface area contributed by atoms with Crippen molar-refractivity contribution in [2.75, 3.05) is 0 Å². The fourth-order valence-corrected chi connectivity index (χ4v) is 0. The van der Waals surface area contributed by atoms with Gasteiger partial charge >= 0.3 is 54.0 Å². The van der Waals surface area contributed by atoms with E-state index in [0.717, 1.165) is 0 Å². The standard InChI is InChI=1S/Cd.H2O3Se.S/c;1-4(2)3;/h;(H2,1,2,3);/q+2;;-2. The molecule has 0 unspecified atom stereocenters. The van der Waals surface area contributed by atoms with Crippen molar-refractivity contribution in [1.82, 2.24) is 0 Å². The van der Waals surface area contributed by atoms with Gasteiger partial charge in [0.05, 0.1) is 0 Å². The molecule has 0 radical (unpaired) electrons. The van der Waals surface area contributed by atoms with Crippen LogP contribution >= 0.6 is 0 Å². The minimum absolute atomic E-state index is 0. The van der Waals surface area contributed by atoms with Gasteiger partial charge in [-0.25, -0.2) is 0 Å². The smallest absolute Gasteiger partial charge is 2.00 e. The van der Waals surface area contributed by atoms with Gasteiger partial charge in [0, 0.05) is 0 Å². The van der Waals surface area contributed by atoms with E-state index in [1.807, 2.05) is 0 Å². The second-order valence-electron chi connectivity index (χ2n) is 0.231. The molecule has 0 amide bonds. The monoisotopic (exact) mass is 276 g/mol. The van der Waals surface area contributed by atoms with Crippen LogP contribution in [0.15, 0.2) is 0 Å². The van der Waals surface area contributed by atoms with E-state index < -0.39 is 14.5 Å². The molecule has 3 nitrogen and oxygen atoms in total. The summed E-state index contributed by atoms with van der Waals surface area (Å²) < 4.78 is 23.1. The third-order valence-corrected chi connectivity index (χ3v) is 0. The van der Waals surface area contributed by atoms with Crippen LogP contribution in [0.2, 0.25) is 0 Å². The molecule has 6 heteroatoms. The summed E-state index contributed by atoms with van der Waals surface area (Å²) in [6.07, 6.45) is 0. The Morgan fingerprint density at radius 1 is 1.33 bits per heavy atom. The summed E-state index contributed by atoms with van der Waals surface area (Å²) in [6.45, 7) is 0. The molecule has 0 saturated heterocycles. The molecule has 0 aromatic carbocycles. The van der Waals surface area contributed by atoms with E-state index in [-0.39, 0.29) is 40.8 Å². The minimum atomic E-state index is -3.29. The Morgan fingerprint density at radius 3 is 1.33 bits per heavy atom. The van der Waals surface area contributed by atoms with E-state index in [1.54, 1.807) is 0 Å². The SMILES string of the molecule is O=[Se](O)O.[Cd+2].[S-2]. The molecule has 0 bridgehead atoms. The predicted octanol–water partition coefficient (Wildman–Crippen LogP) is -1.62. The maximum absolute atomic E-state index is 8.76. The van der Waals surface area contributed by atoms with E-state index >= 15 is 0 Å². The fourth-order valence-electron chi connectivity index (χ4n) is 0. The average molecular weight is 273 g/mol.